The van der Waals surface area contributed by atoms with Crippen LogP contribution in [0.15, 0.2) is 0 Å². The molecule has 1 saturated heterocycles. The second kappa shape index (κ2) is 5.99. The molecule has 5 heteroatoms. The van der Waals surface area contributed by atoms with Gasteiger partial charge in [-0.1, -0.05) is 6.92 Å². The quantitative estimate of drug-likeness (QED) is 0.669. The van der Waals surface area contributed by atoms with Crippen LogP contribution in [-0.4, -0.2) is 55.7 Å². The second-order valence-corrected chi connectivity index (χ2v) is 5.43. The standard InChI is InChI=1S/C13H25N3O2/c1-2-5-15-13(12(14)17,11-3-4-11)10-16-6-8-18-9-7-16/h11,15H,2-10H2,1H3,(H2,14,17). The molecule has 0 spiro atoms. The number of hydrogen-bond donors (Lipinski definition) is 2. The van der Waals surface area contributed by atoms with Crippen molar-refractivity contribution >= 4 is 5.91 Å². The van der Waals surface area contributed by atoms with Crippen LogP contribution in [0.3, 0.4) is 0 Å². The fourth-order valence-electron chi connectivity index (χ4n) is 2.73. The van der Waals surface area contributed by atoms with Gasteiger partial charge >= 0.3 is 0 Å². The molecule has 0 bridgehead atoms. The average molecular weight is 255 g/mol. The molecule has 2 rings (SSSR count). The molecule has 1 amide bonds. The molecule has 2 aliphatic rings. The second-order valence-electron chi connectivity index (χ2n) is 5.43. The zero-order valence-corrected chi connectivity index (χ0v) is 11.3. The lowest BCUT2D eigenvalue weighted by molar-refractivity contribution is -0.127. The third kappa shape index (κ3) is 3.02. The molecule has 5 nitrogen and oxygen atoms in total. The number of primary amides is 1. The zero-order valence-electron chi connectivity index (χ0n) is 11.3. The highest BCUT2D eigenvalue weighted by Gasteiger charge is 2.50. The van der Waals surface area contributed by atoms with E-state index in [1.54, 1.807) is 0 Å². The van der Waals surface area contributed by atoms with Crippen molar-refractivity contribution in [3.8, 4) is 0 Å². The summed E-state index contributed by atoms with van der Waals surface area (Å²) in [6, 6.07) is 0. The van der Waals surface area contributed by atoms with Crippen LogP contribution in [0.25, 0.3) is 0 Å². The predicted octanol–water partition coefficient (Wildman–Crippen LogP) is -0.0477. The topological polar surface area (TPSA) is 67.6 Å². The molecular weight excluding hydrogens is 230 g/mol. The normalized spacial score (nSPS) is 24.7. The van der Waals surface area contributed by atoms with E-state index in [0.29, 0.717) is 5.92 Å². The van der Waals surface area contributed by atoms with Gasteiger partial charge in [-0.15, -0.1) is 0 Å². The molecule has 2 fully saturated rings. The molecule has 0 aromatic heterocycles. The SMILES string of the molecule is CCCNC(CN1CCOCC1)(C(N)=O)C1CC1. The summed E-state index contributed by atoms with van der Waals surface area (Å²) >= 11 is 0. The minimum atomic E-state index is -0.520. The molecular formula is C13H25N3O2. The van der Waals surface area contributed by atoms with Gasteiger partial charge in [0.05, 0.1) is 13.2 Å². The molecule has 104 valence electrons. The van der Waals surface area contributed by atoms with E-state index < -0.39 is 5.54 Å². The highest BCUT2D eigenvalue weighted by atomic mass is 16.5. The molecule has 1 saturated carbocycles. The van der Waals surface area contributed by atoms with E-state index in [9.17, 15) is 4.79 Å². The molecule has 1 aliphatic carbocycles. The maximum absolute atomic E-state index is 12.0. The van der Waals surface area contributed by atoms with Gasteiger partial charge in [-0.05, 0) is 31.7 Å². The van der Waals surface area contributed by atoms with Crippen molar-refractivity contribution in [2.75, 3.05) is 39.4 Å². The molecule has 1 aliphatic heterocycles. The van der Waals surface area contributed by atoms with Crippen LogP contribution < -0.4 is 11.1 Å². The van der Waals surface area contributed by atoms with Gasteiger partial charge in [-0.2, -0.15) is 0 Å². The first-order valence-corrected chi connectivity index (χ1v) is 7.04. The third-order valence-corrected chi connectivity index (χ3v) is 3.98. The van der Waals surface area contributed by atoms with Gasteiger partial charge in [0.2, 0.25) is 5.91 Å². The molecule has 0 aromatic rings. The molecule has 1 atom stereocenters. The van der Waals surface area contributed by atoms with Crippen molar-refractivity contribution < 1.29 is 9.53 Å². The van der Waals surface area contributed by atoms with E-state index >= 15 is 0 Å². The first kappa shape index (κ1) is 13.8. The smallest absolute Gasteiger partial charge is 0.239 e. The lowest BCUT2D eigenvalue weighted by atomic mass is 9.91. The summed E-state index contributed by atoms with van der Waals surface area (Å²) < 4.78 is 5.35. The van der Waals surface area contributed by atoms with E-state index in [2.05, 4.69) is 17.1 Å². The van der Waals surface area contributed by atoms with Crippen LogP contribution in [0, 0.1) is 5.92 Å². The first-order chi connectivity index (χ1) is 8.69. The van der Waals surface area contributed by atoms with Gasteiger partial charge in [0, 0.05) is 19.6 Å². The monoisotopic (exact) mass is 255 g/mol. The molecule has 1 unspecified atom stereocenters. The Hall–Kier alpha value is -0.650. The fraction of sp³-hybridized carbons (Fsp3) is 0.923. The summed E-state index contributed by atoms with van der Waals surface area (Å²) in [7, 11) is 0. The highest BCUT2D eigenvalue weighted by molar-refractivity contribution is 5.86. The Balaban J connectivity index is 2.03. The number of nitrogens with two attached hydrogens (primary N) is 1. The van der Waals surface area contributed by atoms with E-state index in [0.717, 1.165) is 58.7 Å². The summed E-state index contributed by atoms with van der Waals surface area (Å²) in [6.45, 7) is 7.01. The van der Waals surface area contributed by atoms with Crippen molar-refractivity contribution in [2.24, 2.45) is 11.7 Å². The van der Waals surface area contributed by atoms with Crippen LogP contribution in [0.1, 0.15) is 26.2 Å². The summed E-state index contributed by atoms with van der Waals surface area (Å²) in [4.78, 5) is 14.3. The van der Waals surface area contributed by atoms with Crippen LogP contribution in [0.2, 0.25) is 0 Å². The Bertz CT molecular complexity index is 288. The van der Waals surface area contributed by atoms with Gasteiger partial charge in [-0.3, -0.25) is 9.69 Å². The number of nitrogens with one attached hydrogen (secondary N) is 1. The van der Waals surface area contributed by atoms with Gasteiger partial charge in [-0.25, -0.2) is 0 Å². The number of carbonyl (C=O) groups excluding carboxylic acids is 1. The number of hydrogen-bond acceptors (Lipinski definition) is 4. The Morgan fingerprint density at radius 1 is 1.44 bits per heavy atom. The molecule has 0 aromatic carbocycles. The number of amides is 1. The Morgan fingerprint density at radius 2 is 2.11 bits per heavy atom. The average Bonchev–Trinajstić information content (AvgIpc) is 3.20. The number of ether oxygens (including phenoxy) is 1. The van der Waals surface area contributed by atoms with Crippen LogP contribution >= 0.6 is 0 Å². The first-order valence-electron chi connectivity index (χ1n) is 7.04. The maximum atomic E-state index is 12.0. The van der Waals surface area contributed by atoms with E-state index in [1.165, 1.54) is 0 Å². The van der Waals surface area contributed by atoms with Crippen LogP contribution in [0.4, 0.5) is 0 Å². The molecule has 3 N–H and O–H groups in total. The third-order valence-electron chi connectivity index (χ3n) is 3.98. The van der Waals surface area contributed by atoms with Gasteiger partial charge in [0.15, 0.2) is 0 Å². The number of nitrogens with zero attached hydrogens (tertiary/aromatic N) is 1. The van der Waals surface area contributed by atoms with Crippen molar-refractivity contribution in [1.29, 1.82) is 0 Å². The number of carbonyl (C=O) groups is 1. The predicted molar refractivity (Wildman–Crippen MR) is 70.2 cm³/mol. The number of morpholine rings is 1. The van der Waals surface area contributed by atoms with Crippen molar-refractivity contribution in [2.45, 2.75) is 31.7 Å². The summed E-state index contributed by atoms with van der Waals surface area (Å²) in [5.74, 6) is 0.231. The summed E-state index contributed by atoms with van der Waals surface area (Å²) in [6.07, 6.45) is 3.25. The largest absolute Gasteiger partial charge is 0.379 e. The van der Waals surface area contributed by atoms with Crippen LogP contribution in [-0.2, 0) is 9.53 Å². The van der Waals surface area contributed by atoms with E-state index in [1.807, 2.05) is 0 Å². The molecule has 18 heavy (non-hydrogen) atoms. The maximum Gasteiger partial charge on any atom is 0.239 e. The Labute approximate surface area is 109 Å². The Kier molecular flexibility index (Phi) is 4.59. The highest BCUT2D eigenvalue weighted by Crippen LogP contribution is 2.40. The lowest BCUT2D eigenvalue weighted by Gasteiger charge is -2.38. The fourth-order valence-corrected chi connectivity index (χ4v) is 2.73. The van der Waals surface area contributed by atoms with Crippen molar-refractivity contribution in [3.05, 3.63) is 0 Å². The Morgan fingerprint density at radius 3 is 2.61 bits per heavy atom. The lowest BCUT2D eigenvalue weighted by Crippen LogP contribution is -2.64. The summed E-state index contributed by atoms with van der Waals surface area (Å²) in [5.41, 5.74) is 5.19. The minimum Gasteiger partial charge on any atom is -0.379 e. The molecule has 0 radical (unpaired) electrons. The van der Waals surface area contributed by atoms with E-state index in [4.69, 9.17) is 10.5 Å². The molecule has 1 heterocycles. The van der Waals surface area contributed by atoms with Crippen molar-refractivity contribution in [1.82, 2.24) is 10.2 Å². The van der Waals surface area contributed by atoms with Crippen molar-refractivity contribution in [3.63, 3.8) is 0 Å². The van der Waals surface area contributed by atoms with Gasteiger partial charge in [0.1, 0.15) is 5.54 Å². The number of rotatable bonds is 7. The summed E-state index contributed by atoms with van der Waals surface area (Å²) in [5, 5.41) is 3.43. The minimum absolute atomic E-state index is 0.190. The zero-order chi connectivity index (χ0) is 13.0. The van der Waals surface area contributed by atoms with Gasteiger partial charge < -0.3 is 15.8 Å². The van der Waals surface area contributed by atoms with Gasteiger partial charge in [0.25, 0.3) is 0 Å². The van der Waals surface area contributed by atoms with E-state index in [-0.39, 0.29) is 5.91 Å². The van der Waals surface area contributed by atoms with Crippen LogP contribution in [0.5, 0.6) is 0 Å².